The largest absolute Gasteiger partial charge is 0.341 e. The molecule has 3 aromatic rings. The van der Waals surface area contributed by atoms with Crippen molar-refractivity contribution in [2.75, 3.05) is 5.32 Å². The van der Waals surface area contributed by atoms with E-state index in [4.69, 9.17) is 23.2 Å². The summed E-state index contributed by atoms with van der Waals surface area (Å²) in [5.74, 6) is -0.534. The predicted molar refractivity (Wildman–Crippen MR) is 107 cm³/mol. The number of halogens is 2. The van der Waals surface area contributed by atoms with Crippen LogP contribution in [0.15, 0.2) is 60.7 Å². The Kier molecular flexibility index (Phi) is 4.77. The molecule has 0 fully saturated rings. The number of aromatic nitrogens is 1. The third-order valence-corrected chi connectivity index (χ3v) is 5.35. The van der Waals surface area contributed by atoms with E-state index >= 15 is 0 Å². The lowest BCUT2D eigenvalue weighted by molar-refractivity contribution is -0.117. The smallest absolute Gasteiger partial charge is 0.233 e. The molecule has 4 rings (SSSR count). The Bertz CT molecular complexity index is 1030. The van der Waals surface area contributed by atoms with Crippen LogP contribution in [-0.2, 0) is 11.3 Å². The van der Waals surface area contributed by atoms with Crippen LogP contribution in [0, 0.1) is 0 Å². The summed E-state index contributed by atoms with van der Waals surface area (Å²) in [7, 11) is 0. The van der Waals surface area contributed by atoms with E-state index in [1.165, 1.54) is 0 Å². The number of hydrogen-bond acceptors (Lipinski definition) is 2. The quantitative estimate of drug-likeness (QED) is 0.617. The van der Waals surface area contributed by atoms with Gasteiger partial charge in [-0.3, -0.25) is 9.59 Å². The summed E-state index contributed by atoms with van der Waals surface area (Å²) in [6.45, 7) is 0.623. The summed E-state index contributed by atoms with van der Waals surface area (Å²) in [4.78, 5) is 25.5. The van der Waals surface area contributed by atoms with Gasteiger partial charge < -0.3 is 9.88 Å². The molecule has 1 atom stereocenters. The molecule has 0 radical (unpaired) electrons. The minimum absolute atomic E-state index is 0.0409. The van der Waals surface area contributed by atoms with Gasteiger partial charge in [-0.25, -0.2) is 0 Å². The number of ketones is 1. The van der Waals surface area contributed by atoms with Gasteiger partial charge in [-0.1, -0.05) is 53.5 Å². The zero-order valence-corrected chi connectivity index (χ0v) is 15.8. The normalized spacial score (nSPS) is 15.4. The van der Waals surface area contributed by atoms with E-state index in [1.807, 2.05) is 28.8 Å². The second kappa shape index (κ2) is 7.22. The van der Waals surface area contributed by atoms with Crippen LogP contribution >= 0.6 is 23.2 Å². The molecule has 0 saturated carbocycles. The van der Waals surface area contributed by atoms with E-state index in [0.29, 0.717) is 40.0 Å². The molecule has 1 N–H and O–H groups in total. The van der Waals surface area contributed by atoms with Crippen LogP contribution in [0.4, 0.5) is 5.69 Å². The van der Waals surface area contributed by atoms with Crippen LogP contribution in [0.5, 0.6) is 0 Å². The first kappa shape index (κ1) is 17.8. The van der Waals surface area contributed by atoms with Gasteiger partial charge >= 0.3 is 0 Å². The lowest BCUT2D eigenvalue weighted by Crippen LogP contribution is -2.19. The first-order valence-electron chi connectivity index (χ1n) is 8.59. The second-order valence-corrected chi connectivity index (χ2v) is 7.29. The second-order valence-electron chi connectivity index (χ2n) is 6.44. The van der Waals surface area contributed by atoms with Crippen molar-refractivity contribution in [1.29, 1.82) is 0 Å². The highest BCUT2D eigenvalue weighted by Crippen LogP contribution is 2.33. The molecule has 1 aliphatic heterocycles. The van der Waals surface area contributed by atoms with Gasteiger partial charge in [0.2, 0.25) is 11.7 Å². The molecular weight excluding hydrogens is 383 g/mol. The molecule has 1 aliphatic rings. The van der Waals surface area contributed by atoms with Crippen molar-refractivity contribution in [1.82, 2.24) is 4.57 Å². The molecular formula is C21H16Cl2N2O2. The molecule has 2 heterocycles. The highest BCUT2D eigenvalue weighted by atomic mass is 35.5. The number of rotatable bonds is 4. The molecule has 0 saturated heterocycles. The molecule has 0 spiro atoms. The molecule has 1 aromatic heterocycles. The Hall–Kier alpha value is -2.56. The number of fused-ring (bicyclic) bond motifs is 1. The average molecular weight is 399 g/mol. The minimum atomic E-state index is -0.336. The van der Waals surface area contributed by atoms with Crippen LogP contribution in [0.1, 0.15) is 34.1 Å². The predicted octanol–water partition coefficient (Wildman–Crippen LogP) is 5.15. The minimum Gasteiger partial charge on any atom is -0.341 e. The maximum atomic E-state index is 12.8. The van der Waals surface area contributed by atoms with Crippen molar-refractivity contribution in [3.05, 3.63) is 87.7 Å². The third kappa shape index (κ3) is 3.38. The Labute approximate surface area is 166 Å². The van der Waals surface area contributed by atoms with E-state index in [1.54, 1.807) is 36.4 Å². The fourth-order valence-electron chi connectivity index (χ4n) is 3.46. The topological polar surface area (TPSA) is 51.1 Å². The third-order valence-electron chi connectivity index (χ3n) is 4.78. The summed E-state index contributed by atoms with van der Waals surface area (Å²) in [6, 6.07) is 17.7. The van der Waals surface area contributed by atoms with Gasteiger partial charge in [-0.15, -0.1) is 0 Å². The SMILES string of the molecule is O=C(c1ccccc1)c1ccc2n1CCC2C(=O)Nc1cc(Cl)ccc1Cl. The van der Waals surface area contributed by atoms with Crippen LogP contribution in [0.3, 0.4) is 0 Å². The number of benzene rings is 2. The molecule has 0 bridgehead atoms. The number of carbonyl (C=O) groups is 2. The van der Waals surface area contributed by atoms with Gasteiger partial charge in [0.1, 0.15) is 0 Å². The van der Waals surface area contributed by atoms with E-state index in [2.05, 4.69) is 5.32 Å². The van der Waals surface area contributed by atoms with Crippen LogP contribution in [0.2, 0.25) is 10.0 Å². The van der Waals surface area contributed by atoms with Gasteiger partial charge in [0.15, 0.2) is 0 Å². The Balaban J connectivity index is 1.58. The number of amides is 1. The molecule has 27 heavy (non-hydrogen) atoms. The molecule has 1 amide bonds. The maximum Gasteiger partial charge on any atom is 0.233 e. The Morgan fingerprint density at radius 3 is 2.56 bits per heavy atom. The first-order valence-corrected chi connectivity index (χ1v) is 9.35. The van der Waals surface area contributed by atoms with Crippen LogP contribution < -0.4 is 5.32 Å². The summed E-state index contributed by atoms with van der Waals surface area (Å²) < 4.78 is 1.93. The van der Waals surface area contributed by atoms with Crippen molar-refractivity contribution in [2.45, 2.75) is 18.9 Å². The monoisotopic (exact) mass is 398 g/mol. The van der Waals surface area contributed by atoms with Gasteiger partial charge in [0.05, 0.1) is 22.3 Å². The number of nitrogens with zero attached hydrogens (tertiary/aromatic N) is 1. The lowest BCUT2D eigenvalue weighted by Gasteiger charge is -2.12. The number of anilines is 1. The van der Waals surface area contributed by atoms with Gasteiger partial charge in [0.25, 0.3) is 0 Å². The summed E-state index contributed by atoms with van der Waals surface area (Å²) in [6.07, 6.45) is 0.634. The van der Waals surface area contributed by atoms with Gasteiger partial charge in [0, 0.05) is 22.8 Å². The van der Waals surface area contributed by atoms with Crippen molar-refractivity contribution < 1.29 is 9.59 Å². The Morgan fingerprint density at radius 1 is 1.00 bits per heavy atom. The summed E-state index contributed by atoms with van der Waals surface area (Å²) in [5, 5.41) is 3.78. The van der Waals surface area contributed by atoms with Crippen LogP contribution in [-0.4, -0.2) is 16.3 Å². The molecule has 0 aliphatic carbocycles. The standard InChI is InChI=1S/C21H16Cl2N2O2/c22-14-6-7-16(23)17(12-14)24-21(27)15-10-11-25-18(15)8-9-19(25)20(26)13-4-2-1-3-5-13/h1-9,12,15H,10-11H2,(H,24,27). The fraction of sp³-hybridized carbons (Fsp3) is 0.143. The van der Waals surface area contributed by atoms with Crippen molar-refractivity contribution in [3.63, 3.8) is 0 Å². The highest BCUT2D eigenvalue weighted by molar-refractivity contribution is 6.35. The van der Waals surface area contributed by atoms with Crippen molar-refractivity contribution in [2.24, 2.45) is 0 Å². The molecule has 6 heteroatoms. The van der Waals surface area contributed by atoms with E-state index in [0.717, 1.165) is 5.69 Å². The number of nitrogens with one attached hydrogen (secondary N) is 1. The molecule has 136 valence electrons. The molecule has 1 unspecified atom stereocenters. The maximum absolute atomic E-state index is 12.8. The highest BCUT2D eigenvalue weighted by Gasteiger charge is 2.32. The first-order chi connectivity index (χ1) is 13.0. The summed E-state index contributed by atoms with van der Waals surface area (Å²) >= 11 is 12.1. The molecule has 4 nitrogen and oxygen atoms in total. The molecule has 2 aromatic carbocycles. The zero-order chi connectivity index (χ0) is 19.0. The lowest BCUT2D eigenvalue weighted by atomic mass is 10.0. The average Bonchev–Trinajstić information content (AvgIpc) is 3.27. The van der Waals surface area contributed by atoms with E-state index < -0.39 is 0 Å². The van der Waals surface area contributed by atoms with Gasteiger partial charge in [-0.2, -0.15) is 0 Å². The van der Waals surface area contributed by atoms with Crippen molar-refractivity contribution >= 4 is 40.6 Å². The number of carbonyl (C=O) groups excluding carboxylic acids is 2. The van der Waals surface area contributed by atoms with E-state index in [-0.39, 0.29) is 17.6 Å². The van der Waals surface area contributed by atoms with E-state index in [9.17, 15) is 9.59 Å². The van der Waals surface area contributed by atoms with Gasteiger partial charge in [-0.05, 0) is 36.8 Å². The number of hydrogen-bond donors (Lipinski definition) is 1. The van der Waals surface area contributed by atoms with Crippen molar-refractivity contribution in [3.8, 4) is 0 Å². The zero-order valence-electron chi connectivity index (χ0n) is 14.3. The van der Waals surface area contributed by atoms with Crippen LogP contribution in [0.25, 0.3) is 0 Å². The Morgan fingerprint density at radius 2 is 1.78 bits per heavy atom. The fourth-order valence-corrected chi connectivity index (χ4v) is 3.79. The summed E-state index contributed by atoms with van der Waals surface area (Å²) in [5.41, 5.74) is 2.56.